The second kappa shape index (κ2) is 6.97. The third kappa shape index (κ3) is 3.44. The van der Waals surface area contributed by atoms with Crippen LogP contribution in [0.2, 0.25) is 0 Å². The topological polar surface area (TPSA) is 55.0 Å². The molecule has 4 heteroatoms. The number of nitriles is 1. The van der Waals surface area contributed by atoms with Gasteiger partial charge in [0.25, 0.3) is 5.56 Å². The number of methoxy groups -OCH3 is 1. The maximum absolute atomic E-state index is 12.2. The summed E-state index contributed by atoms with van der Waals surface area (Å²) in [5, 5.41) is 8.71. The Morgan fingerprint density at radius 2 is 2.17 bits per heavy atom. The number of hydrogen-bond acceptors (Lipinski definition) is 3. The molecule has 98 valence electrons. The van der Waals surface area contributed by atoms with Gasteiger partial charge in [0.2, 0.25) is 0 Å². The van der Waals surface area contributed by atoms with E-state index in [0.29, 0.717) is 18.7 Å². The standard InChI is InChI=1S/C14H20N2O2/c1-11(2)13-6-5-12(7-8-15)14(17)16(13)9-4-10-18-3/h5-6,11H,4,7,9-10H2,1-3H3. The van der Waals surface area contributed by atoms with Gasteiger partial charge in [-0.3, -0.25) is 4.79 Å². The summed E-state index contributed by atoms with van der Waals surface area (Å²) < 4.78 is 6.79. The Bertz CT molecular complexity index is 484. The average molecular weight is 248 g/mol. The largest absolute Gasteiger partial charge is 0.385 e. The van der Waals surface area contributed by atoms with E-state index in [2.05, 4.69) is 13.8 Å². The number of aromatic nitrogens is 1. The molecule has 0 saturated heterocycles. The van der Waals surface area contributed by atoms with E-state index in [4.69, 9.17) is 10.00 Å². The van der Waals surface area contributed by atoms with Gasteiger partial charge >= 0.3 is 0 Å². The van der Waals surface area contributed by atoms with Gasteiger partial charge in [-0.15, -0.1) is 0 Å². The van der Waals surface area contributed by atoms with Gasteiger partial charge in [-0.05, 0) is 18.4 Å². The van der Waals surface area contributed by atoms with Crippen molar-refractivity contribution in [2.24, 2.45) is 0 Å². The molecule has 1 aromatic heterocycles. The van der Waals surface area contributed by atoms with E-state index >= 15 is 0 Å². The first-order valence-corrected chi connectivity index (χ1v) is 6.20. The normalized spacial score (nSPS) is 10.6. The molecule has 0 atom stereocenters. The molecule has 0 fully saturated rings. The lowest BCUT2D eigenvalue weighted by molar-refractivity contribution is 0.189. The van der Waals surface area contributed by atoms with Crippen LogP contribution in [-0.4, -0.2) is 18.3 Å². The fourth-order valence-electron chi connectivity index (χ4n) is 1.96. The number of ether oxygens (including phenoxy) is 1. The molecule has 0 bridgehead atoms. The summed E-state index contributed by atoms with van der Waals surface area (Å²) in [6.07, 6.45) is 0.966. The van der Waals surface area contributed by atoms with E-state index in [-0.39, 0.29) is 17.9 Å². The van der Waals surface area contributed by atoms with Gasteiger partial charge in [0.05, 0.1) is 12.5 Å². The minimum Gasteiger partial charge on any atom is -0.385 e. The van der Waals surface area contributed by atoms with E-state index in [1.54, 1.807) is 17.7 Å². The zero-order valence-corrected chi connectivity index (χ0v) is 11.3. The highest BCUT2D eigenvalue weighted by Crippen LogP contribution is 2.13. The van der Waals surface area contributed by atoms with E-state index in [0.717, 1.165) is 12.1 Å². The molecule has 0 saturated carbocycles. The lowest BCUT2D eigenvalue weighted by atomic mass is 10.1. The Morgan fingerprint density at radius 3 is 2.72 bits per heavy atom. The molecule has 0 spiro atoms. The van der Waals surface area contributed by atoms with Crippen LogP contribution in [0.3, 0.4) is 0 Å². The highest BCUT2D eigenvalue weighted by molar-refractivity contribution is 5.20. The van der Waals surface area contributed by atoms with Crippen LogP contribution in [0.25, 0.3) is 0 Å². The summed E-state index contributed by atoms with van der Waals surface area (Å²) in [5.41, 5.74) is 1.54. The smallest absolute Gasteiger partial charge is 0.255 e. The molecule has 0 radical (unpaired) electrons. The molecule has 18 heavy (non-hydrogen) atoms. The lowest BCUT2D eigenvalue weighted by Gasteiger charge is -2.16. The molecule has 0 aliphatic rings. The highest BCUT2D eigenvalue weighted by atomic mass is 16.5. The lowest BCUT2D eigenvalue weighted by Crippen LogP contribution is -2.27. The number of rotatable bonds is 6. The third-order valence-corrected chi connectivity index (χ3v) is 2.88. The Morgan fingerprint density at radius 1 is 1.44 bits per heavy atom. The third-order valence-electron chi connectivity index (χ3n) is 2.88. The van der Waals surface area contributed by atoms with E-state index in [1.165, 1.54) is 0 Å². The zero-order valence-electron chi connectivity index (χ0n) is 11.3. The summed E-state index contributed by atoms with van der Waals surface area (Å²) >= 11 is 0. The van der Waals surface area contributed by atoms with Crippen LogP contribution in [-0.2, 0) is 17.7 Å². The predicted octanol–water partition coefficient (Wildman–Crippen LogP) is 2.07. The maximum atomic E-state index is 12.2. The van der Waals surface area contributed by atoms with Crippen LogP contribution in [0.4, 0.5) is 0 Å². The molecule has 0 aromatic carbocycles. The first-order chi connectivity index (χ1) is 8.61. The van der Waals surface area contributed by atoms with Crippen molar-refractivity contribution in [1.29, 1.82) is 5.26 Å². The summed E-state index contributed by atoms with van der Waals surface area (Å²) in [7, 11) is 1.65. The van der Waals surface area contributed by atoms with Crippen LogP contribution >= 0.6 is 0 Å². The van der Waals surface area contributed by atoms with Crippen molar-refractivity contribution >= 4 is 0 Å². The fourth-order valence-corrected chi connectivity index (χ4v) is 1.96. The van der Waals surface area contributed by atoms with Crippen LogP contribution in [0.1, 0.15) is 37.4 Å². The van der Waals surface area contributed by atoms with Crippen molar-refractivity contribution in [2.45, 2.75) is 39.2 Å². The van der Waals surface area contributed by atoms with Crippen molar-refractivity contribution < 1.29 is 4.74 Å². The van der Waals surface area contributed by atoms with Gasteiger partial charge in [0, 0.05) is 31.5 Å². The molecule has 1 heterocycles. The Hall–Kier alpha value is -1.60. The Kier molecular flexibility index (Phi) is 5.60. The molecule has 1 aromatic rings. The molecule has 0 N–H and O–H groups in total. The molecule has 0 aliphatic heterocycles. The molecule has 0 aliphatic carbocycles. The van der Waals surface area contributed by atoms with E-state index in [1.807, 2.05) is 12.1 Å². The van der Waals surface area contributed by atoms with Crippen molar-refractivity contribution in [1.82, 2.24) is 4.57 Å². The van der Waals surface area contributed by atoms with Crippen LogP contribution in [0.15, 0.2) is 16.9 Å². The Balaban J connectivity index is 3.11. The van der Waals surface area contributed by atoms with Crippen LogP contribution < -0.4 is 5.56 Å². The number of pyridine rings is 1. The minimum atomic E-state index is -0.0427. The zero-order chi connectivity index (χ0) is 13.5. The highest BCUT2D eigenvalue weighted by Gasteiger charge is 2.10. The Labute approximate surface area is 108 Å². The van der Waals surface area contributed by atoms with Crippen molar-refractivity contribution in [2.75, 3.05) is 13.7 Å². The summed E-state index contributed by atoms with van der Waals surface area (Å²) in [4.78, 5) is 12.2. The first kappa shape index (κ1) is 14.5. The monoisotopic (exact) mass is 248 g/mol. The molecular formula is C14H20N2O2. The molecule has 0 amide bonds. The van der Waals surface area contributed by atoms with Crippen LogP contribution in [0, 0.1) is 11.3 Å². The molecular weight excluding hydrogens is 228 g/mol. The van der Waals surface area contributed by atoms with Gasteiger partial charge in [-0.2, -0.15) is 5.26 Å². The quantitative estimate of drug-likeness (QED) is 0.724. The fraction of sp³-hybridized carbons (Fsp3) is 0.571. The van der Waals surface area contributed by atoms with Crippen molar-refractivity contribution in [3.8, 4) is 6.07 Å². The number of nitrogens with zero attached hydrogens (tertiary/aromatic N) is 2. The second-order valence-electron chi connectivity index (χ2n) is 4.58. The van der Waals surface area contributed by atoms with E-state index < -0.39 is 0 Å². The summed E-state index contributed by atoms with van der Waals surface area (Å²) in [6.45, 7) is 5.39. The van der Waals surface area contributed by atoms with Gasteiger partial charge in [0.1, 0.15) is 0 Å². The van der Waals surface area contributed by atoms with Crippen molar-refractivity contribution in [3.05, 3.63) is 33.7 Å². The number of hydrogen-bond donors (Lipinski definition) is 0. The predicted molar refractivity (Wildman–Crippen MR) is 70.6 cm³/mol. The van der Waals surface area contributed by atoms with Gasteiger partial charge in [-0.1, -0.05) is 19.9 Å². The molecule has 1 rings (SSSR count). The second-order valence-corrected chi connectivity index (χ2v) is 4.58. The minimum absolute atomic E-state index is 0.0427. The van der Waals surface area contributed by atoms with E-state index in [9.17, 15) is 4.79 Å². The molecule has 0 unspecified atom stereocenters. The summed E-state index contributed by atoms with van der Waals surface area (Å²) in [6, 6.07) is 5.75. The molecule has 4 nitrogen and oxygen atoms in total. The summed E-state index contributed by atoms with van der Waals surface area (Å²) in [5.74, 6) is 0.288. The van der Waals surface area contributed by atoms with Gasteiger partial charge in [0.15, 0.2) is 0 Å². The SMILES string of the molecule is COCCCn1c(C(C)C)ccc(CC#N)c1=O. The van der Waals surface area contributed by atoms with Crippen molar-refractivity contribution in [3.63, 3.8) is 0 Å². The first-order valence-electron chi connectivity index (χ1n) is 6.20. The van der Waals surface area contributed by atoms with Gasteiger partial charge < -0.3 is 9.30 Å². The maximum Gasteiger partial charge on any atom is 0.255 e. The average Bonchev–Trinajstić information content (AvgIpc) is 2.33. The van der Waals surface area contributed by atoms with Crippen LogP contribution in [0.5, 0.6) is 0 Å². The van der Waals surface area contributed by atoms with Gasteiger partial charge in [-0.25, -0.2) is 0 Å².